The molecule has 0 aromatic heterocycles. The fraction of sp³-hybridized carbons (Fsp3) is 0.640. The first-order valence-electron chi connectivity index (χ1n) is 24.1. The highest BCUT2D eigenvalue weighted by Gasteiger charge is 2.50. The summed E-state index contributed by atoms with van der Waals surface area (Å²) in [7, 11) is 0. The van der Waals surface area contributed by atoms with Gasteiger partial charge in [0, 0.05) is 45.7 Å². The number of hydrogen-bond acceptors (Lipinski definition) is 12. The molecule has 0 saturated carbocycles. The number of nitrogens with one attached hydrogen (secondary N) is 5. The maximum absolute atomic E-state index is 14.3. The second-order valence-corrected chi connectivity index (χ2v) is 19.2. The third kappa shape index (κ3) is 21.6. The van der Waals surface area contributed by atoms with E-state index >= 15 is 0 Å². The molecule has 2 heterocycles. The first kappa shape index (κ1) is 56.3. The summed E-state index contributed by atoms with van der Waals surface area (Å²) in [4.78, 5) is 85.3. The second-order valence-electron chi connectivity index (χ2n) is 18.6. The van der Waals surface area contributed by atoms with E-state index in [-0.39, 0.29) is 54.1 Å². The van der Waals surface area contributed by atoms with Gasteiger partial charge in [0.2, 0.25) is 29.5 Å². The molecular weight excluding hydrogens is 938 g/mol. The van der Waals surface area contributed by atoms with E-state index in [9.17, 15) is 28.8 Å². The lowest BCUT2D eigenvalue weighted by molar-refractivity contribution is -0.135. The van der Waals surface area contributed by atoms with Gasteiger partial charge in [-0.1, -0.05) is 104 Å². The first-order valence-corrected chi connectivity index (χ1v) is 25.2. The Labute approximate surface area is 411 Å². The average Bonchev–Trinajstić information content (AvgIpc) is 4.08. The van der Waals surface area contributed by atoms with Crippen molar-refractivity contribution in [2.75, 3.05) is 97.4 Å². The van der Waals surface area contributed by atoms with Crippen molar-refractivity contribution in [1.82, 2.24) is 36.4 Å². The number of hydrogen-bond donors (Lipinski definition) is 5. The highest BCUT2D eigenvalue weighted by Crippen LogP contribution is 2.29. The number of ketones is 1. The predicted molar refractivity (Wildman–Crippen MR) is 263 cm³/mol. The Bertz CT molecular complexity index is 1850. The van der Waals surface area contributed by atoms with E-state index in [0.717, 1.165) is 30.8 Å². The Balaban J connectivity index is 1.31. The molecule has 2 aliphatic heterocycles. The molecule has 0 unspecified atom stereocenters. The van der Waals surface area contributed by atoms with Crippen LogP contribution in [0.2, 0.25) is 0 Å². The number of carbonyl (C=O) groups excluding carboxylic acids is 6. The van der Waals surface area contributed by atoms with E-state index in [4.69, 9.17) is 18.9 Å². The minimum absolute atomic E-state index is 0.00922. The van der Waals surface area contributed by atoms with Gasteiger partial charge in [-0.2, -0.15) is 0 Å². The van der Waals surface area contributed by atoms with Crippen molar-refractivity contribution in [3.63, 3.8) is 0 Å². The molecule has 18 heteroatoms. The standard InChI is InChI=1S/C50H76BrN7O10/c1-36(2)30-41(46(61)50(5)35-68-50)54-49(64)43(32-39-14-10-7-11-15-39)56-48(63)42(31-37(3)4)55-47(62)40(17-16-38-12-8-6-9-13-38)53-45(60)34-58-21-19-57(20-22-58)23-25-66-27-29-67-28-26-65-24-18-52-44(59)33-51/h6-15,36-37,40-43H,16-35H2,1-5H3,(H,52,59)(H,53,60)(H,54,64)(H,55,62)(H,56,63)/t40-,41-,42-,43-,50+/m0/s1. The van der Waals surface area contributed by atoms with Crippen LogP contribution in [0.25, 0.3) is 0 Å². The van der Waals surface area contributed by atoms with Crippen LogP contribution >= 0.6 is 15.9 Å². The molecule has 2 fully saturated rings. The van der Waals surface area contributed by atoms with E-state index < -0.39 is 47.5 Å². The highest BCUT2D eigenvalue weighted by atomic mass is 79.9. The molecule has 0 radical (unpaired) electrons. The van der Waals surface area contributed by atoms with Gasteiger partial charge < -0.3 is 45.5 Å². The summed E-state index contributed by atoms with van der Waals surface area (Å²) in [5.41, 5.74) is 0.871. The Morgan fingerprint density at radius 3 is 1.72 bits per heavy atom. The van der Waals surface area contributed by atoms with Gasteiger partial charge >= 0.3 is 0 Å². The van der Waals surface area contributed by atoms with E-state index in [1.807, 2.05) is 88.4 Å². The third-order valence-corrected chi connectivity index (χ3v) is 12.2. The quantitative estimate of drug-likeness (QED) is 0.0397. The van der Waals surface area contributed by atoms with Crippen LogP contribution in [0.1, 0.15) is 65.0 Å². The third-order valence-electron chi connectivity index (χ3n) is 11.7. The summed E-state index contributed by atoms with van der Waals surface area (Å²) in [6, 6.07) is 15.2. The van der Waals surface area contributed by atoms with Gasteiger partial charge in [-0.15, -0.1) is 0 Å². The molecule has 2 aromatic rings. The summed E-state index contributed by atoms with van der Waals surface area (Å²) in [5.74, 6) is -2.01. The maximum Gasteiger partial charge on any atom is 0.243 e. The minimum Gasteiger partial charge on any atom is -0.378 e. The lowest BCUT2D eigenvalue weighted by Crippen LogP contribution is -2.59. The Morgan fingerprint density at radius 1 is 0.632 bits per heavy atom. The van der Waals surface area contributed by atoms with Gasteiger partial charge in [-0.05, 0) is 55.6 Å². The van der Waals surface area contributed by atoms with E-state index in [1.54, 1.807) is 6.92 Å². The Morgan fingerprint density at radius 2 is 1.13 bits per heavy atom. The molecule has 2 aliphatic rings. The molecule has 378 valence electrons. The van der Waals surface area contributed by atoms with Gasteiger partial charge in [0.05, 0.1) is 64.2 Å². The topological polar surface area (TPSA) is 209 Å². The van der Waals surface area contributed by atoms with Crippen molar-refractivity contribution in [2.45, 2.75) is 96.5 Å². The number of nitrogens with zero attached hydrogens (tertiary/aromatic N) is 2. The van der Waals surface area contributed by atoms with E-state index in [0.29, 0.717) is 85.1 Å². The van der Waals surface area contributed by atoms with Crippen LogP contribution in [0.3, 0.4) is 0 Å². The number of carbonyl (C=O) groups is 6. The van der Waals surface area contributed by atoms with Crippen LogP contribution in [0.5, 0.6) is 0 Å². The fourth-order valence-electron chi connectivity index (χ4n) is 7.78. The molecule has 2 aromatic carbocycles. The molecule has 4 rings (SSSR count). The molecule has 5 amide bonds. The van der Waals surface area contributed by atoms with Crippen molar-refractivity contribution in [3.8, 4) is 0 Å². The Kier molecular flexibility index (Phi) is 25.1. The largest absolute Gasteiger partial charge is 0.378 e. The molecule has 5 atom stereocenters. The smallest absolute Gasteiger partial charge is 0.243 e. The number of alkyl halides is 1. The predicted octanol–water partition coefficient (Wildman–Crippen LogP) is 2.43. The lowest BCUT2D eigenvalue weighted by atomic mass is 9.93. The number of halogens is 1. The summed E-state index contributed by atoms with van der Waals surface area (Å²) in [6.07, 6.45) is 1.66. The summed E-state index contributed by atoms with van der Waals surface area (Å²) in [5, 5.41) is 14.8. The molecule has 0 bridgehead atoms. The number of piperazine rings is 1. The number of ether oxygens (including phenoxy) is 4. The zero-order chi connectivity index (χ0) is 49.3. The van der Waals surface area contributed by atoms with Gasteiger partial charge in [-0.25, -0.2) is 0 Å². The molecule has 68 heavy (non-hydrogen) atoms. The van der Waals surface area contributed by atoms with Crippen molar-refractivity contribution in [1.29, 1.82) is 0 Å². The molecule has 2 saturated heterocycles. The second kappa shape index (κ2) is 30.3. The van der Waals surface area contributed by atoms with Crippen LogP contribution in [0, 0.1) is 11.8 Å². The number of aryl methyl sites for hydroxylation is 1. The van der Waals surface area contributed by atoms with Crippen LogP contribution in [0.4, 0.5) is 0 Å². The number of epoxide rings is 1. The van der Waals surface area contributed by atoms with Gasteiger partial charge in [-0.3, -0.25) is 38.6 Å². The molecular formula is C50H76BrN7O10. The normalized spacial score (nSPS) is 18.0. The summed E-state index contributed by atoms with van der Waals surface area (Å²) >= 11 is 3.10. The van der Waals surface area contributed by atoms with Crippen molar-refractivity contribution in [2.24, 2.45) is 11.8 Å². The van der Waals surface area contributed by atoms with Crippen LogP contribution in [-0.4, -0.2) is 172 Å². The van der Waals surface area contributed by atoms with Crippen LogP contribution < -0.4 is 26.6 Å². The zero-order valence-corrected chi connectivity index (χ0v) is 42.3. The number of Topliss-reactive ketones (excluding diaryl/α,β-unsaturated/α-hetero) is 1. The average molecular weight is 1020 g/mol. The van der Waals surface area contributed by atoms with Crippen LogP contribution in [-0.2, 0) is 60.6 Å². The lowest BCUT2D eigenvalue weighted by Gasteiger charge is -2.34. The fourth-order valence-corrected chi connectivity index (χ4v) is 7.98. The van der Waals surface area contributed by atoms with Gasteiger partial charge in [0.15, 0.2) is 5.78 Å². The maximum atomic E-state index is 14.3. The molecule has 0 spiro atoms. The van der Waals surface area contributed by atoms with E-state index in [2.05, 4.69) is 52.3 Å². The number of amides is 5. The zero-order valence-electron chi connectivity index (χ0n) is 40.7. The molecule has 5 N–H and O–H groups in total. The SMILES string of the molecule is CC(C)C[C@H](NC(=O)[C@H](CCc1ccccc1)NC(=O)CN1CCN(CCOCCOCCOCCNC(=O)CBr)CC1)C(=O)N[C@@H](Cc1ccccc1)C(=O)N[C@@H](CC(C)C)C(=O)[C@@]1(C)CO1. The highest BCUT2D eigenvalue weighted by molar-refractivity contribution is 9.09. The molecule has 17 nitrogen and oxygen atoms in total. The monoisotopic (exact) mass is 1010 g/mol. The number of benzene rings is 2. The molecule has 0 aliphatic carbocycles. The van der Waals surface area contributed by atoms with Crippen molar-refractivity contribution in [3.05, 3.63) is 71.8 Å². The van der Waals surface area contributed by atoms with Crippen LogP contribution in [0.15, 0.2) is 60.7 Å². The van der Waals surface area contributed by atoms with Crippen molar-refractivity contribution >= 4 is 51.2 Å². The number of rotatable bonds is 33. The first-order chi connectivity index (χ1) is 32.6. The van der Waals surface area contributed by atoms with Gasteiger partial charge in [0.25, 0.3) is 0 Å². The minimum atomic E-state index is -1.05. The Hall–Kier alpha value is -4.30. The van der Waals surface area contributed by atoms with Gasteiger partial charge in [0.1, 0.15) is 23.7 Å². The van der Waals surface area contributed by atoms with Crippen molar-refractivity contribution < 1.29 is 47.7 Å². The summed E-state index contributed by atoms with van der Waals surface area (Å²) in [6.45, 7) is 16.8. The summed E-state index contributed by atoms with van der Waals surface area (Å²) < 4.78 is 22.2. The van der Waals surface area contributed by atoms with E-state index in [1.165, 1.54) is 0 Å².